The summed E-state index contributed by atoms with van der Waals surface area (Å²) in [6.07, 6.45) is 3.89. The Kier molecular flexibility index (Phi) is 7.23. The van der Waals surface area contributed by atoms with Crippen LogP contribution in [0.3, 0.4) is 0 Å². The van der Waals surface area contributed by atoms with Gasteiger partial charge in [0.1, 0.15) is 0 Å². The van der Waals surface area contributed by atoms with Gasteiger partial charge in [-0.2, -0.15) is 8.78 Å². The Bertz CT molecular complexity index is 316. The van der Waals surface area contributed by atoms with Gasteiger partial charge in [-0.25, -0.2) is 0 Å². The molecule has 6 heteroatoms. The summed E-state index contributed by atoms with van der Waals surface area (Å²) in [6, 6.07) is 0. The molecule has 0 aromatic rings. The van der Waals surface area contributed by atoms with Crippen LogP contribution in [0.15, 0.2) is 0 Å². The van der Waals surface area contributed by atoms with Crippen LogP contribution in [0.2, 0.25) is 0 Å². The third-order valence-corrected chi connectivity index (χ3v) is 4.63. The molecule has 0 N–H and O–H groups in total. The maximum atomic E-state index is 13.7. The molecule has 0 spiro atoms. The van der Waals surface area contributed by atoms with Crippen LogP contribution < -0.4 is 0 Å². The van der Waals surface area contributed by atoms with Crippen molar-refractivity contribution >= 4 is 17.9 Å². The van der Waals surface area contributed by atoms with Crippen molar-refractivity contribution in [2.45, 2.75) is 51.7 Å². The van der Waals surface area contributed by atoms with Gasteiger partial charge in [0.2, 0.25) is 0 Å². The van der Waals surface area contributed by atoms with Crippen LogP contribution in [0.4, 0.5) is 8.78 Å². The number of likely N-dealkylation sites (tertiary alicyclic amines) is 1. The van der Waals surface area contributed by atoms with Crippen molar-refractivity contribution in [3.63, 3.8) is 0 Å². The second-order valence-electron chi connectivity index (χ2n) is 5.26. The molecule has 0 saturated carbocycles. The van der Waals surface area contributed by atoms with Crippen molar-refractivity contribution in [1.29, 1.82) is 0 Å². The van der Waals surface area contributed by atoms with E-state index in [1.807, 2.05) is 0 Å². The minimum Gasteiger partial charge on any atom is -0.336 e. The molecule has 0 aromatic carbocycles. The molecule has 1 heterocycles. The normalized spacial score (nSPS) is 23.9. The first-order valence-corrected chi connectivity index (χ1v) is 8.18. The SMILES string of the molecule is CCCC1CN(C(=O)C(F)(F)SOCC)CCC1CC. The monoisotopic (exact) mass is 309 g/mol. The van der Waals surface area contributed by atoms with Crippen molar-refractivity contribution in [1.82, 2.24) is 4.90 Å². The maximum Gasteiger partial charge on any atom is 0.394 e. The molecular formula is C14H25F2NO2S. The van der Waals surface area contributed by atoms with Crippen molar-refractivity contribution in [3.05, 3.63) is 0 Å². The van der Waals surface area contributed by atoms with Gasteiger partial charge in [0, 0.05) is 13.1 Å². The van der Waals surface area contributed by atoms with E-state index in [4.69, 9.17) is 0 Å². The molecule has 1 aliphatic rings. The smallest absolute Gasteiger partial charge is 0.336 e. The van der Waals surface area contributed by atoms with E-state index in [9.17, 15) is 13.6 Å². The van der Waals surface area contributed by atoms with E-state index in [0.717, 1.165) is 25.7 Å². The van der Waals surface area contributed by atoms with Crippen LogP contribution in [0.25, 0.3) is 0 Å². The van der Waals surface area contributed by atoms with Crippen LogP contribution in [0, 0.1) is 11.8 Å². The van der Waals surface area contributed by atoms with Gasteiger partial charge in [0.25, 0.3) is 0 Å². The lowest BCUT2D eigenvalue weighted by Gasteiger charge is -2.39. The van der Waals surface area contributed by atoms with E-state index in [1.165, 1.54) is 4.90 Å². The van der Waals surface area contributed by atoms with E-state index < -0.39 is 11.2 Å². The maximum absolute atomic E-state index is 13.7. The topological polar surface area (TPSA) is 29.5 Å². The Morgan fingerprint density at radius 2 is 2.05 bits per heavy atom. The zero-order chi connectivity index (χ0) is 15.2. The fraction of sp³-hybridized carbons (Fsp3) is 0.929. The van der Waals surface area contributed by atoms with E-state index >= 15 is 0 Å². The average Bonchev–Trinajstić information content (AvgIpc) is 2.44. The highest BCUT2D eigenvalue weighted by Gasteiger charge is 2.45. The fourth-order valence-electron chi connectivity index (χ4n) is 2.85. The molecule has 1 rings (SSSR count). The van der Waals surface area contributed by atoms with Gasteiger partial charge in [-0.3, -0.25) is 4.79 Å². The molecule has 118 valence electrons. The zero-order valence-corrected chi connectivity index (χ0v) is 13.3. The highest BCUT2D eigenvalue weighted by Crippen LogP contribution is 2.35. The van der Waals surface area contributed by atoms with Gasteiger partial charge < -0.3 is 9.08 Å². The molecule has 20 heavy (non-hydrogen) atoms. The van der Waals surface area contributed by atoms with Gasteiger partial charge in [0.05, 0.1) is 18.6 Å². The zero-order valence-electron chi connectivity index (χ0n) is 12.5. The van der Waals surface area contributed by atoms with E-state index in [-0.39, 0.29) is 18.6 Å². The number of hydrogen-bond donors (Lipinski definition) is 0. The molecule has 2 atom stereocenters. The minimum atomic E-state index is -3.48. The van der Waals surface area contributed by atoms with Crippen molar-refractivity contribution in [2.24, 2.45) is 11.8 Å². The number of nitrogens with zero attached hydrogens (tertiary/aromatic N) is 1. The summed E-state index contributed by atoms with van der Waals surface area (Å²) in [5, 5.41) is -3.48. The Morgan fingerprint density at radius 1 is 1.35 bits per heavy atom. The molecule has 1 fully saturated rings. The number of hydrogen-bond acceptors (Lipinski definition) is 3. The minimum absolute atomic E-state index is 0.0229. The Morgan fingerprint density at radius 3 is 2.60 bits per heavy atom. The molecule has 0 radical (unpaired) electrons. The number of rotatable bonds is 7. The van der Waals surface area contributed by atoms with Gasteiger partial charge in [0.15, 0.2) is 0 Å². The highest BCUT2D eigenvalue weighted by molar-refractivity contribution is 7.96. The molecule has 0 aromatic heterocycles. The highest BCUT2D eigenvalue weighted by atomic mass is 32.2. The van der Waals surface area contributed by atoms with Crippen LogP contribution in [-0.2, 0) is 8.98 Å². The summed E-state index contributed by atoms with van der Waals surface area (Å²) >= 11 is -0.0229. The van der Waals surface area contributed by atoms with Crippen LogP contribution in [-0.4, -0.2) is 35.8 Å². The first kappa shape index (κ1) is 17.7. The predicted octanol–water partition coefficient (Wildman–Crippen LogP) is 3.94. The van der Waals surface area contributed by atoms with Gasteiger partial charge in [-0.05, 0) is 31.6 Å². The fourth-order valence-corrected chi connectivity index (χ4v) is 3.32. The summed E-state index contributed by atoms with van der Waals surface area (Å²) in [7, 11) is 0. The van der Waals surface area contributed by atoms with Crippen molar-refractivity contribution in [3.8, 4) is 0 Å². The second kappa shape index (κ2) is 8.17. The largest absolute Gasteiger partial charge is 0.394 e. The predicted molar refractivity (Wildman–Crippen MR) is 77.5 cm³/mol. The van der Waals surface area contributed by atoms with Gasteiger partial charge in [-0.1, -0.05) is 26.7 Å². The van der Waals surface area contributed by atoms with Crippen molar-refractivity contribution in [2.75, 3.05) is 19.7 Å². The molecule has 2 unspecified atom stereocenters. The van der Waals surface area contributed by atoms with Gasteiger partial charge >= 0.3 is 11.2 Å². The van der Waals surface area contributed by atoms with Crippen LogP contribution in [0.5, 0.6) is 0 Å². The van der Waals surface area contributed by atoms with Crippen LogP contribution in [0.1, 0.15) is 46.5 Å². The summed E-state index contributed by atoms with van der Waals surface area (Å²) in [5.41, 5.74) is 0. The average molecular weight is 309 g/mol. The van der Waals surface area contributed by atoms with E-state index in [1.54, 1.807) is 6.92 Å². The standard InChI is InChI=1S/C14H25F2NO2S/c1-4-7-12-10-17(9-8-11(12)5-2)13(18)14(15,16)20-19-6-3/h11-12H,4-10H2,1-3H3. The van der Waals surface area contributed by atoms with Crippen molar-refractivity contribution < 1.29 is 17.8 Å². The number of alkyl halides is 2. The number of carbonyl (C=O) groups is 1. The Balaban J connectivity index is 2.65. The number of carbonyl (C=O) groups excluding carboxylic acids is 1. The molecule has 0 bridgehead atoms. The lowest BCUT2D eigenvalue weighted by molar-refractivity contribution is -0.149. The third kappa shape index (κ3) is 4.58. The Hall–Kier alpha value is -0.360. The van der Waals surface area contributed by atoms with Crippen LogP contribution >= 0.6 is 12.0 Å². The quantitative estimate of drug-likeness (QED) is 0.667. The molecule has 1 saturated heterocycles. The summed E-state index contributed by atoms with van der Waals surface area (Å²) in [4.78, 5) is 13.3. The second-order valence-corrected chi connectivity index (χ2v) is 6.18. The number of piperidine rings is 1. The summed E-state index contributed by atoms with van der Waals surface area (Å²) in [6.45, 7) is 6.88. The molecule has 0 aliphatic carbocycles. The summed E-state index contributed by atoms with van der Waals surface area (Å²) < 4.78 is 32.1. The third-order valence-electron chi connectivity index (χ3n) is 3.89. The lowest BCUT2D eigenvalue weighted by atomic mass is 9.81. The van der Waals surface area contributed by atoms with E-state index in [2.05, 4.69) is 18.0 Å². The molecule has 1 amide bonds. The van der Waals surface area contributed by atoms with Gasteiger partial charge in [-0.15, -0.1) is 0 Å². The molecule has 3 nitrogen and oxygen atoms in total. The molecule has 1 aliphatic heterocycles. The van der Waals surface area contributed by atoms with E-state index in [0.29, 0.717) is 24.9 Å². The first-order chi connectivity index (χ1) is 9.46. The number of amides is 1. The Labute approximate surface area is 124 Å². The first-order valence-electron chi connectivity index (χ1n) is 7.44. The lowest BCUT2D eigenvalue weighted by Crippen LogP contribution is -2.49. The summed E-state index contributed by atoms with van der Waals surface area (Å²) in [5.74, 6) is -0.214. The number of halogens is 2. The molecular weight excluding hydrogens is 284 g/mol.